The first-order valence-electron chi connectivity index (χ1n) is 7.77. The lowest BCUT2D eigenvalue weighted by molar-refractivity contribution is 0.247. The van der Waals surface area contributed by atoms with Crippen LogP contribution in [0.15, 0.2) is 11.6 Å². The lowest BCUT2D eigenvalue weighted by atomic mass is 10.1. The molecule has 1 fully saturated rings. The van der Waals surface area contributed by atoms with Gasteiger partial charge in [-0.05, 0) is 33.0 Å². The van der Waals surface area contributed by atoms with E-state index in [0.717, 1.165) is 30.4 Å². The number of likely N-dealkylation sites (N-methyl/N-ethyl adjacent to an activating group) is 2. The molecule has 0 bridgehead atoms. The molecule has 0 aliphatic carbocycles. The summed E-state index contributed by atoms with van der Waals surface area (Å²) in [6.45, 7) is 6.34. The van der Waals surface area contributed by atoms with E-state index in [2.05, 4.69) is 52.1 Å². The average molecular weight is 307 g/mol. The predicted octanol–water partition coefficient (Wildman–Crippen LogP) is 2.04. The number of fused-ring (bicyclic) bond motifs is 1. The molecule has 1 aliphatic rings. The summed E-state index contributed by atoms with van der Waals surface area (Å²) < 4.78 is 2.23. The number of hydrogen-bond donors (Lipinski definition) is 1. The van der Waals surface area contributed by atoms with Crippen molar-refractivity contribution in [3.63, 3.8) is 0 Å². The number of thiazole rings is 1. The van der Waals surface area contributed by atoms with Crippen molar-refractivity contribution in [2.75, 3.05) is 38.6 Å². The Morgan fingerprint density at radius 2 is 2.38 bits per heavy atom. The van der Waals surface area contributed by atoms with Crippen LogP contribution >= 0.6 is 11.3 Å². The number of nitrogens with zero attached hydrogens (tertiary/aromatic N) is 4. The second kappa shape index (κ2) is 6.34. The molecule has 1 N–H and O–H groups in total. The fraction of sp³-hybridized carbons (Fsp3) is 0.667. The molecule has 0 saturated carbocycles. The van der Waals surface area contributed by atoms with Crippen LogP contribution in [0.3, 0.4) is 0 Å². The van der Waals surface area contributed by atoms with Crippen LogP contribution in [0.1, 0.15) is 25.5 Å². The molecule has 0 spiro atoms. The Bertz CT molecular complexity index is 590. The molecule has 3 rings (SSSR count). The van der Waals surface area contributed by atoms with Crippen LogP contribution in [0.25, 0.3) is 4.96 Å². The van der Waals surface area contributed by atoms with Gasteiger partial charge in [-0.15, -0.1) is 11.3 Å². The molecule has 116 valence electrons. The summed E-state index contributed by atoms with van der Waals surface area (Å²) >= 11 is 1.71. The van der Waals surface area contributed by atoms with Gasteiger partial charge in [0.15, 0.2) is 10.8 Å². The summed E-state index contributed by atoms with van der Waals surface area (Å²) in [5.41, 5.74) is 1.28. The smallest absolute Gasteiger partial charge is 0.195 e. The minimum atomic E-state index is 0.564. The minimum absolute atomic E-state index is 0.564. The highest BCUT2D eigenvalue weighted by Gasteiger charge is 2.25. The van der Waals surface area contributed by atoms with Crippen molar-refractivity contribution in [2.45, 2.75) is 32.4 Å². The Balaban J connectivity index is 1.88. The van der Waals surface area contributed by atoms with Crippen LogP contribution in [0, 0.1) is 0 Å². The van der Waals surface area contributed by atoms with Crippen LogP contribution in [0.4, 0.5) is 5.82 Å². The zero-order valence-electron chi connectivity index (χ0n) is 13.2. The van der Waals surface area contributed by atoms with Gasteiger partial charge in [0.25, 0.3) is 0 Å². The average Bonchev–Trinajstić information content (AvgIpc) is 3.05. The van der Waals surface area contributed by atoms with Crippen LogP contribution in [0.5, 0.6) is 0 Å². The largest absolute Gasteiger partial charge is 0.354 e. The van der Waals surface area contributed by atoms with Crippen LogP contribution < -0.4 is 10.2 Å². The number of piperidine rings is 1. The third-order valence-electron chi connectivity index (χ3n) is 4.36. The number of imidazole rings is 1. The van der Waals surface area contributed by atoms with Crippen molar-refractivity contribution in [3.05, 3.63) is 17.3 Å². The van der Waals surface area contributed by atoms with Gasteiger partial charge < -0.3 is 15.1 Å². The minimum Gasteiger partial charge on any atom is -0.354 e. The second-order valence-corrected chi connectivity index (χ2v) is 6.76. The fourth-order valence-corrected chi connectivity index (χ4v) is 3.87. The number of nitrogens with one attached hydrogen (secondary N) is 1. The zero-order valence-corrected chi connectivity index (χ0v) is 14.0. The molecule has 1 atom stereocenters. The molecule has 0 aromatic carbocycles. The van der Waals surface area contributed by atoms with Gasteiger partial charge in [0.2, 0.25) is 0 Å². The lowest BCUT2D eigenvalue weighted by Crippen LogP contribution is -2.45. The summed E-state index contributed by atoms with van der Waals surface area (Å²) in [5, 5.41) is 5.55. The van der Waals surface area contributed by atoms with Crippen molar-refractivity contribution in [1.29, 1.82) is 0 Å². The first kappa shape index (κ1) is 14.8. The SMILES string of the molecule is CCNCc1c(N(C)C2CCCN(C)C2)nc2sccn12. The standard InChI is InChI=1S/C15H25N5S/c1-4-16-10-13-14(17-15-20(13)8-9-21-15)19(3)12-6-5-7-18(2)11-12/h8-9,12,16H,4-7,10-11H2,1-3H3. The van der Waals surface area contributed by atoms with Crippen LogP contribution in [-0.4, -0.2) is 54.1 Å². The number of likely N-dealkylation sites (tertiary alicyclic amines) is 1. The van der Waals surface area contributed by atoms with Gasteiger partial charge in [-0.3, -0.25) is 4.40 Å². The predicted molar refractivity (Wildman–Crippen MR) is 89.4 cm³/mol. The molecule has 5 nitrogen and oxygen atoms in total. The molecule has 1 aliphatic heterocycles. The number of hydrogen-bond acceptors (Lipinski definition) is 5. The molecular weight excluding hydrogens is 282 g/mol. The normalized spacial score (nSPS) is 20.2. The third kappa shape index (κ3) is 2.93. The molecular formula is C15H25N5S. The molecule has 2 aromatic rings. The van der Waals surface area contributed by atoms with Crippen molar-refractivity contribution in [2.24, 2.45) is 0 Å². The maximum absolute atomic E-state index is 4.87. The highest BCUT2D eigenvalue weighted by atomic mass is 32.1. The van der Waals surface area contributed by atoms with Gasteiger partial charge in [-0.1, -0.05) is 6.92 Å². The van der Waals surface area contributed by atoms with E-state index in [1.165, 1.54) is 25.1 Å². The van der Waals surface area contributed by atoms with E-state index in [-0.39, 0.29) is 0 Å². The maximum Gasteiger partial charge on any atom is 0.195 e. The van der Waals surface area contributed by atoms with Gasteiger partial charge in [-0.2, -0.15) is 0 Å². The summed E-state index contributed by atoms with van der Waals surface area (Å²) in [5.74, 6) is 1.14. The van der Waals surface area contributed by atoms with E-state index < -0.39 is 0 Å². The Kier molecular flexibility index (Phi) is 4.47. The molecule has 6 heteroatoms. The topological polar surface area (TPSA) is 35.8 Å². The van der Waals surface area contributed by atoms with Gasteiger partial charge in [-0.25, -0.2) is 4.98 Å². The second-order valence-electron chi connectivity index (χ2n) is 5.89. The zero-order chi connectivity index (χ0) is 14.8. The molecule has 3 heterocycles. The number of rotatable bonds is 5. The molecule has 21 heavy (non-hydrogen) atoms. The summed E-state index contributed by atoms with van der Waals surface area (Å²) in [6.07, 6.45) is 4.66. The van der Waals surface area contributed by atoms with Crippen LogP contribution in [-0.2, 0) is 6.54 Å². The molecule has 0 radical (unpaired) electrons. The molecule has 1 saturated heterocycles. The Morgan fingerprint density at radius 1 is 1.52 bits per heavy atom. The van der Waals surface area contributed by atoms with E-state index in [4.69, 9.17) is 4.98 Å². The summed E-state index contributed by atoms with van der Waals surface area (Å²) in [6, 6.07) is 0.564. The van der Waals surface area contributed by atoms with Gasteiger partial charge in [0.05, 0.1) is 5.69 Å². The van der Waals surface area contributed by atoms with Crippen molar-refractivity contribution in [3.8, 4) is 0 Å². The Labute approximate surface area is 130 Å². The highest BCUT2D eigenvalue weighted by molar-refractivity contribution is 7.15. The Hall–Kier alpha value is -1.11. The summed E-state index contributed by atoms with van der Waals surface area (Å²) in [4.78, 5) is 10.8. The van der Waals surface area contributed by atoms with Gasteiger partial charge in [0.1, 0.15) is 0 Å². The first-order valence-corrected chi connectivity index (χ1v) is 8.65. The van der Waals surface area contributed by atoms with Gasteiger partial charge >= 0.3 is 0 Å². The van der Waals surface area contributed by atoms with E-state index >= 15 is 0 Å². The van der Waals surface area contributed by atoms with E-state index in [1.807, 2.05) is 0 Å². The highest BCUT2D eigenvalue weighted by Crippen LogP contribution is 2.27. The number of aromatic nitrogens is 2. The Morgan fingerprint density at radius 3 is 3.14 bits per heavy atom. The monoisotopic (exact) mass is 307 g/mol. The van der Waals surface area contributed by atoms with Crippen molar-refractivity contribution in [1.82, 2.24) is 19.6 Å². The van der Waals surface area contributed by atoms with E-state index in [0.29, 0.717) is 6.04 Å². The molecule has 0 amide bonds. The number of anilines is 1. The third-order valence-corrected chi connectivity index (χ3v) is 5.12. The molecule has 1 unspecified atom stereocenters. The van der Waals surface area contributed by atoms with Gasteiger partial charge in [0, 0.05) is 37.8 Å². The van der Waals surface area contributed by atoms with E-state index in [1.54, 1.807) is 11.3 Å². The lowest BCUT2D eigenvalue weighted by Gasteiger charge is -2.36. The summed E-state index contributed by atoms with van der Waals surface area (Å²) in [7, 11) is 4.41. The van der Waals surface area contributed by atoms with Crippen molar-refractivity contribution < 1.29 is 0 Å². The van der Waals surface area contributed by atoms with E-state index in [9.17, 15) is 0 Å². The van der Waals surface area contributed by atoms with Crippen molar-refractivity contribution >= 4 is 22.1 Å². The van der Waals surface area contributed by atoms with Crippen LogP contribution in [0.2, 0.25) is 0 Å². The first-order chi connectivity index (χ1) is 10.2. The maximum atomic E-state index is 4.87. The quantitative estimate of drug-likeness (QED) is 0.917. The molecule has 2 aromatic heterocycles. The fourth-order valence-electron chi connectivity index (χ4n) is 3.14.